The van der Waals surface area contributed by atoms with Gasteiger partial charge in [-0.1, -0.05) is 199 Å². The van der Waals surface area contributed by atoms with Crippen LogP contribution in [0.2, 0.25) is 0 Å². The second-order valence-corrected chi connectivity index (χ2v) is 12.3. The molecule has 6 rings (SSSR count). The molecule has 0 aromatic heterocycles. The number of nitrogens with one attached hydrogen (secondary N) is 1. The largest absolute Gasteiger partial charge is 0.505 e. The van der Waals surface area contributed by atoms with E-state index in [9.17, 15) is 5.11 Å². The summed E-state index contributed by atoms with van der Waals surface area (Å²) in [5.74, 6) is 0.140. The van der Waals surface area contributed by atoms with Crippen molar-refractivity contribution in [3.63, 3.8) is 0 Å². The van der Waals surface area contributed by atoms with Crippen molar-refractivity contribution in [1.29, 1.82) is 0 Å². The fourth-order valence-electron chi connectivity index (χ4n) is 4.88. The Bertz CT molecular complexity index is 1930. The highest BCUT2D eigenvalue weighted by Crippen LogP contribution is 2.42. The van der Waals surface area contributed by atoms with E-state index < -0.39 is 0 Å². The summed E-state index contributed by atoms with van der Waals surface area (Å²) in [7, 11) is 1.66. The van der Waals surface area contributed by atoms with Crippen molar-refractivity contribution in [1.82, 2.24) is 0 Å². The molecule has 6 heteroatoms. The van der Waals surface area contributed by atoms with E-state index in [2.05, 4.69) is 116 Å². The van der Waals surface area contributed by atoms with E-state index in [0.717, 1.165) is 45.4 Å². The first kappa shape index (κ1) is 55.5. The normalized spacial score (nSPS) is 9.75. The maximum atomic E-state index is 11.0. The summed E-state index contributed by atoms with van der Waals surface area (Å²) in [5, 5.41) is 35.2. The zero-order chi connectivity index (χ0) is 44.8. The van der Waals surface area contributed by atoms with Crippen molar-refractivity contribution in [3.05, 3.63) is 138 Å². The van der Waals surface area contributed by atoms with E-state index in [1.807, 2.05) is 140 Å². The average molecular weight is 800 g/mol. The van der Waals surface area contributed by atoms with E-state index in [0.29, 0.717) is 11.4 Å². The van der Waals surface area contributed by atoms with Gasteiger partial charge in [-0.2, -0.15) is 15.3 Å². The van der Waals surface area contributed by atoms with Gasteiger partial charge in [0.25, 0.3) is 0 Å². The Hall–Kier alpha value is -5.62. The third kappa shape index (κ3) is 21.6. The number of hydrogen-bond donors (Lipinski definition) is 2. The van der Waals surface area contributed by atoms with E-state index in [1.165, 1.54) is 30.0 Å². The molecule has 6 aromatic carbocycles. The molecule has 2 N–H and O–H groups in total. The quantitative estimate of drug-likeness (QED) is 0.125. The van der Waals surface area contributed by atoms with Gasteiger partial charge in [-0.3, -0.25) is 0 Å². The minimum absolute atomic E-state index is 0.140. The number of rotatable bonds is 7. The molecule has 0 saturated carbocycles. The van der Waals surface area contributed by atoms with Gasteiger partial charge in [0.2, 0.25) is 0 Å². The number of aryl methyl sites for hydroxylation is 1. The minimum atomic E-state index is 0.140. The minimum Gasteiger partial charge on any atom is -0.505 e. The zero-order valence-corrected chi connectivity index (χ0v) is 39.3. The summed E-state index contributed by atoms with van der Waals surface area (Å²) in [6.07, 6.45) is 7.83. The Morgan fingerprint density at radius 1 is 0.508 bits per heavy atom. The number of fused-ring (bicyclic) bond motifs is 2. The standard InChI is InChI=1S/C28H27N5O.C10H8.3C3H8.3C2H6/c1-4-30-25-7-5-6-22-18-19(2)27(28(34)26(22)25)33-32-24-16-12-21(13-17-24)9-8-20-10-14-23(15-11-20)31-29-3;1-2-6-10-8-4-3-7-9(10)5-1;3*1-3-2;3*1-2/h5-18,30,34H,4H2,1-3H3;1-8H;3*3H2,1-2H3;3*1-2H3. The lowest BCUT2D eigenvalue weighted by Gasteiger charge is -2.12. The van der Waals surface area contributed by atoms with Gasteiger partial charge >= 0.3 is 0 Å². The van der Waals surface area contributed by atoms with Gasteiger partial charge in [-0.15, -0.1) is 5.11 Å². The average Bonchev–Trinajstić information content (AvgIpc) is 3.27. The van der Waals surface area contributed by atoms with Crippen LogP contribution in [0.3, 0.4) is 0 Å². The van der Waals surface area contributed by atoms with Gasteiger partial charge in [0.1, 0.15) is 5.69 Å². The molecule has 0 amide bonds. The zero-order valence-electron chi connectivity index (χ0n) is 39.3. The van der Waals surface area contributed by atoms with Crippen molar-refractivity contribution in [3.8, 4) is 5.75 Å². The predicted octanol–water partition coefficient (Wildman–Crippen LogP) is 18.8. The summed E-state index contributed by atoms with van der Waals surface area (Å²) in [6.45, 7) is 29.5. The fourth-order valence-corrected chi connectivity index (χ4v) is 4.88. The van der Waals surface area contributed by atoms with Crippen LogP contribution in [0, 0.1) is 6.92 Å². The molecular weight excluding hydrogens is 723 g/mol. The first-order chi connectivity index (χ1) is 28.8. The number of hydrogen-bond acceptors (Lipinski definition) is 6. The van der Waals surface area contributed by atoms with Crippen LogP contribution in [-0.4, -0.2) is 18.7 Å². The van der Waals surface area contributed by atoms with Gasteiger partial charge in [0, 0.05) is 24.7 Å². The van der Waals surface area contributed by atoms with Crippen molar-refractivity contribution in [2.45, 2.75) is 116 Å². The number of aromatic hydroxyl groups is 1. The third-order valence-corrected chi connectivity index (χ3v) is 7.06. The molecule has 59 heavy (non-hydrogen) atoms. The van der Waals surface area contributed by atoms with Crippen molar-refractivity contribution in [2.24, 2.45) is 20.5 Å². The molecule has 0 spiro atoms. The Labute approximate surface area is 359 Å². The van der Waals surface area contributed by atoms with Crippen LogP contribution in [-0.2, 0) is 0 Å². The first-order valence-electron chi connectivity index (χ1n) is 21.8. The van der Waals surface area contributed by atoms with Crippen molar-refractivity contribution >= 4 is 56.4 Å². The van der Waals surface area contributed by atoms with Crippen LogP contribution >= 0.6 is 0 Å². The van der Waals surface area contributed by atoms with E-state index in [4.69, 9.17) is 0 Å². The van der Waals surface area contributed by atoms with Gasteiger partial charge in [0.15, 0.2) is 5.75 Å². The monoisotopic (exact) mass is 800 g/mol. The lowest BCUT2D eigenvalue weighted by Crippen LogP contribution is -1.97. The Morgan fingerprint density at radius 2 is 0.898 bits per heavy atom. The van der Waals surface area contributed by atoms with Gasteiger partial charge in [0.05, 0.1) is 11.4 Å². The van der Waals surface area contributed by atoms with E-state index in [1.54, 1.807) is 7.05 Å². The van der Waals surface area contributed by atoms with Crippen LogP contribution in [0.15, 0.2) is 142 Å². The molecule has 0 atom stereocenters. The molecule has 0 aliphatic carbocycles. The topological polar surface area (TPSA) is 81.7 Å². The second-order valence-electron chi connectivity index (χ2n) is 12.3. The molecular formula is C53H77N5O. The lowest BCUT2D eigenvalue weighted by molar-refractivity contribution is 0.482. The van der Waals surface area contributed by atoms with Gasteiger partial charge in [-0.05, 0) is 83.1 Å². The Balaban J connectivity index is 0. The summed E-state index contributed by atoms with van der Waals surface area (Å²) >= 11 is 0. The van der Waals surface area contributed by atoms with E-state index >= 15 is 0 Å². The van der Waals surface area contributed by atoms with Gasteiger partial charge < -0.3 is 10.4 Å². The molecule has 320 valence electrons. The number of azo groups is 2. The van der Waals surface area contributed by atoms with Crippen LogP contribution < -0.4 is 5.32 Å². The summed E-state index contributed by atoms with van der Waals surface area (Å²) in [4.78, 5) is 0. The summed E-state index contributed by atoms with van der Waals surface area (Å²) in [5.41, 5.74) is 5.91. The van der Waals surface area contributed by atoms with Crippen LogP contribution in [0.1, 0.15) is 126 Å². The summed E-state index contributed by atoms with van der Waals surface area (Å²) < 4.78 is 0. The molecule has 0 aliphatic rings. The van der Waals surface area contributed by atoms with Crippen LogP contribution in [0.5, 0.6) is 5.75 Å². The predicted molar refractivity (Wildman–Crippen MR) is 267 cm³/mol. The SMILES string of the molecule is CC.CC.CC.CCC.CCC.CCC.CCNc1cccc2cc(C)c(N=Nc3ccc(C=Cc4ccc(N=NC)cc4)cc3)c(O)c12.c1ccc2ccccc2c1. The number of benzene rings is 6. The summed E-state index contributed by atoms with van der Waals surface area (Å²) in [6, 6.07) is 40.3. The van der Waals surface area contributed by atoms with Crippen LogP contribution in [0.4, 0.5) is 22.7 Å². The lowest BCUT2D eigenvalue weighted by atomic mass is 10.0. The molecule has 6 aromatic rings. The second kappa shape index (κ2) is 36.7. The van der Waals surface area contributed by atoms with Crippen molar-refractivity contribution in [2.75, 3.05) is 18.9 Å². The number of nitrogens with zero attached hydrogens (tertiary/aromatic N) is 4. The molecule has 0 radical (unpaired) electrons. The molecule has 0 heterocycles. The maximum absolute atomic E-state index is 11.0. The Morgan fingerprint density at radius 3 is 1.29 bits per heavy atom. The maximum Gasteiger partial charge on any atom is 0.153 e. The van der Waals surface area contributed by atoms with E-state index in [-0.39, 0.29) is 5.75 Å². The molecule has 0 saturated heterocycles. The number of phenolic OH excluding ortho intramolecular Hbond substituents is 1. The molecule has 6 nitrogen and oxygen atoms in total. The highest BCUT2D eigenvalue weighted by atomic mass is 16.3. The van der Waals surface area contributed by atoms with Crippen molar-refractivity contribution < 1.29 is 5.11 Å². The highest BCUT2D eigenvalue weighted by Gasteiger charge is 2.13. The molecule has 0 bridgehead atoms. The fraction of sp³-hybridized carbons (Fsp3) is 0.358. The highest BCUT2D eigenvalue weighted by molar-refractivity contribution is 6.02. The number of phenols is 1. The molecule has 0 unspecified atom stereocenters. The van der Waals surface area contributed by atoms with Gasteiger partial charge in [-0.25, -0.2) is 0 Å². The Kier molecular flexibility index (Phi) is 34.5. The first-order valence-corrected chi connectivity index (χ1v) is 21.8. The molecule has 0 fully saturated rings. The third-order valence-electron chi connectivity index (χ3n) is 7.06. The molecule has 0 aliphatic heterocycles. The smallest absolute Gasteiger partial charge is 0.153 e. The number of anilines is 1. The van der Waals surface area contributed by atoms with Crippen LogP contribution in [0.25, 0.3) is 33.7 Å².